The van der Waals surface area contributed by atoms with Crippen molar-refractivity contribution in [2.45, 2.75) is 52.5 Å². The lowest BCUT2D eigenvalue weighted by molar-refractivity contribution is 0.163. The molecule has 3 heteroatoms. The first-order valence-corrected chi connectivity index (χ1v) is 7.22. The minimum atomic E-state index is 0.340. The second-order valence-corrected chi connectivity index (χ2v) is 6.77. The van der Waals surface area contributed by atoms with E-state index in [2.05, 4.69) is 31.1 Å². The first-order chi connectivity index (χ1) is 8.48. The fourth-order valence-electron chi connectivity index (χ4n) is 3.02. The lowest BCUT2D eigenvalue weighted by atomic mass is 9.69. The van der Waals surface area contributed by atoms with Crippen LogP contribution in [-0.2, 0) is 0 Å². The van der Waals surface area contributed by atoms with E-state index in [0.29, 0.717) is 17.4 Å². The van der Waals surface area contributed by atoms with Crippen LogP contribution in [0.2, 0.25) is 5.02 Å². The van der Waals surface area contributed by atoms with Gasteiger partial charge in [0.2, 0.25) is 0 Å². The fourth-order valence-corrected chi connectivity index (χ4v) is 3.18. The summed E-state index contributed by atoms with van der Waals surface area (Å²) in [5.41, 5.74) is 1.31. The summed E-state index contributed by atoms with van der Waals surface area (Å²) in [5, 5.41) is 4.38. The molecule has 2 rings (SSSR count). The Balaban J connectivity index is 2.13. The molecule has 2 nitrogen and oxygen atoms in total. The minimum Gasteiger partial charge on any atom is -0.380 e. The summed E-state index contributed by atoms with van der Waals surface area (Å²) in [7, 11) is 0. The molecule has 2 unspecified atom stereocenters. The summed E-state index contributed by atoms with van der Waals surface area (Å²) >= 11 is 6.20. The molecule has 0 spiro atoms. The van der Waals surface area contributed by atoms with Gasteiger partial charge in [-0.3, -0.25) is 4.98 Å². The number of aromatic nitrogens is 1. The van der Waals surface area contributed by atoms with Gasteiger partial charge in [0.05, 0.1) is 16.9 Å². The topological polar surface area (TPSA) is 24.9 Å². The number of hydrogen-bond acceptors (Lipinski definition) is 2. The molecule has 1 fully saturated rings. The summed E-state index contributed by atoms with van der Waals surface area (Å²) in [4.78, 5) is 4.15. The van der Waals surface area contributed by atoms with Crippen molar-refractivity contribution < 1.29 is 0 Å². The van der Waals surface area contributed by atoms with E-state index < -0.39 is 0 Å². The third-order valence-electron chi connectivity index (χ3n) is 3.99. The van der Waals surface area contributed by atoms with Gasteiger partial charge in [-0.2, -0.15) is 0 Å². The first-order valence-electron chi connectivity index (χ1n) is 6.84. The Kier molecular flexibility index (Phi) is 4.16. The molecule has 2 atom stereocenters. The smallest absolute Gasteiger partial charge is 0.0718 e. The van der Waals surface area contributed by atoms with Crippen molar-refractivity contribution >= 4 is 17.3 Å². The van der Waals surface area contributed by atoms with Crippen LogP contribution >= 0.6 is 11.6 Å². The zero-order valence-electron chi connectivity index (χ0n) is 11.5. The van der Waals surface area contributed by atoms with Gasteiger partial charge in [0.1, 0.15) is 0 Å². The quantitative estimate of drug-likeness (QED) is 0.835. The van der Waals surface area contributed by atoms with E-state index in [4.69, 9.17) is 11.6 Å². The first kappa shape index (κ1) is 13.7. The molecular formula is C15H23ClN2. The SMILES string of the molecule is CC(C)(C)C1CCCCC1Nc1cnccc1Cl. The standard InChI is InChI=1S/C15H23ClN2/c1-15(2,3)11-6-4-5-7-13(11)18-14-10-17-9-8-12(14)16/h8-11,13,18H,4-7H2,1-3H3. The van der Waals surface area contributed by atoms with Gasteiger partial charge in [-0.15, -0.1) is 0 Å². The van der Waals surface area contributed by atoms with Crippen molar-refractivity contribution in [3.05, 3.63) is 23.5 Å². The maximum absolute atomic E-state index is 6.20. The number of rotatable bonds is 2. The predicted octanol–water partition coefficient (Wildman–Crippen LogP) is 4.75. The van der Waals surface area contributed by atoms with Gasteiger partial charge < -0.3 is 5.32 Å². The number of anilines is 1. The fraction of sp³-hybridized carbons (Fsp3) is 0.667. The molecule has 1 aromatic rings. The highest BCUT2D eigenvalue weighted by Gasteiger charge is 2.34. The van der Waals surface area contributed by atoms with Crippen molar-refractivity contribution in [2.24, 2.45) is 11.3 Å². The minimum absolute atomic E-state index is 0.340. The number of nitrogens with zero attached hydrogens (tertiary/aromatic N) is 1. The van der Waals surface area contributed by atoms with Crippen LogP contribution in [0, 0.1) is 11.3 Å². The highest BCUT2D eigenvalue weighted by atomic mass is 35.5. The molecule has 0 radical (unpaired) electrons. The predicted molar refractivity (Wildman–Crippen MR) is 78.1 cm³/mol. The van der Waals surface area contributed by atoms with Crippen LogP contribution in [0.15, 0.2) is 18.5 Å². The van der Waals surface area contributed by atoms with Crippen LogP contribution in [-0.4, -0.2) is 11.0 Å². The summed E-state index contributed by atoms with van der Waals surface area (Å²) in [6.07, 6.45) is 8.75. The van der Waals surface area contributed by atoms with Gasteiger partial charge in [0.15, 0.2) is 0 Å². The van der Waals surface area contributed by atoms with E-state index in [0.717, 1.165) is 10.7 Å². The van der Waals surface area contributed by atoms with E-state index in [9.17, 15) is 0 Å². The number of hydrogen-bond donors (Lipinski definition) is 1. The van der Waals surface area contributed by atoms with Crippen LogP contribution in [0.1, 0.15) is 46.5 Å². The molecule has 0 aromatic carbocycles. The van der Waals surface area contributed by atoms with Crippen LogP contribution in [0.4, 0.5) is 5.69 Å². The second kappa shape index (κ2) is 5.48. The normalized spacial score (nSPS) is 24.9. The molecule has 100 valence electrons. The molecule has 0 saturated heterocycles. The molecular weight excluding hydrogens is 244 g/mol. The summed E-state index contributed by atoms with van der Waals surface area (Å²) in [6.45, 7) is 7.01. The molecule has 18 heavy (non-hydrogen) atoms. The van der Waals surface area contributed by atoms with E-state index in [1.54, 1.807) is 6.20 Å². The largest absolute Gasteiger partial charge is 0.380 e. The molecule has 1 aliphatic carbocycles. The number of halogens is 1. The maximum Gasteiger partial charge on any atom is 0.0718 e. The molecule has 1 aliphatic rings. The van der Waals surface area contributed by atoms with Crippen LogP contribution in [0.3, 0.4) is 0 Å². The Labute approximate surface area is 115 Å². The Morgan fingerprint density at radius 3 is 2.67 bits per heavy atom. The van der Waals surface area contributed by atoms with Crippen molar-refractivity contribution in [1.82, 2.24) is 4.98 Å². The summed E-state index contributed by atoms with van der Waals surface area (Å²) < 4.78 is 0. The van der Waals surface area contributed by atoms with Crippen molar-refractivity contribution in [2.75, 3.05) is 5.32 Å². The van der Waals surface area contributed by atoms with Gasteiger partial charge in [0, 0.05) is 12.2 Å². The summed E-state index contributed by atoms with van der Waals surface area (Å²) in [6, 6.07) is 2.36. The van der Waals surface area contributed by atoms with Gasteiger partial charge in [-0.25, -0.2) is 0 Å². The molecule has 1 saturated carbocycles. The van der Waals surface area contributed by atoms with Crippen molar-refractivity contribution in [3.63, 3.8) is 0 Å². The third-order valence-corrected chi connectivity index (χ3v) is 4.32. The molecule has 0 bridgehead atoms. The van der Waals surface area contributed by atoms with E-state index in [1.165, 1.54) is 25.7 Å². The molecule has 0 amide bonds. The Bertz CT molecular complexity index is 398. The van der Waals surface area contributed by atoms with Crippen molar-refractivity contribution in [1.29, 1.82) is 0 Å². The molecule has 1 heterocycles. The van der Waals surface area contributed by atoms with Gasteiger partial charge >= 0.3 is 0 Å². The van der Waals surface area contributed by atoms with E-state index in [1.807, 2.05) is 12.3 Å². The lowest BCUT2D eigenvalue weighted by Crippen LogP contribution is -2.39. The van der Waals surface area contributed by atoms with Gasteiger partial charge in [-0.05, 0) is 30.2 Å². The molecule has 1 N–H and O–H groups in total. The van der Waals surface area contributed by atoms with Gasteiger partial charge in [0.25, 0.3) is 0 Å². The Morgan fingerprint density at radius 2 is 2.00 bits per heavy atom. The lowest BCUT2D eigenvalue weighted by Gasteiger charge is -2.41. The zero-order chi connectivity index (χ0) is 13.2. The average Bonchev–Trinajstić information content (AvgIpc) is 2.31. The highest BCUT2D eigenvalue weighted by molar-refractivity contribution is 6.33. The second-order valence-electron chi connectivity index (χ2n) is 6.36. The highest BCUT2D eigenvalue weighted by Crippen LogP contribution is 2.39. The summed E-state index contributed by atoms with van der Waals surface area (Å²) in [5.74, 6) is 0.697. The van der Waals surface area contributed by atoms with Crippen molar-refractivity contribution in [3.8, 4) is 0 Å². The average molecular weight is 267 g/mol. The van der Waals surface area contributed by atoms with E-state index in [-0.39, 0.29) is 0 Å². The maximum atomic E-state index is 6.20. The zero-order valence-corrected chi connectivity index (χ0v) is 12.3. The van der Waals surface area contributed by atoms with Crippen LogP contribution in [0.5, 0.6) is 0 Å². The molecule has 1 aromatic heterocycles. The Morgan fingerprint density at radius 1 is 1.28 bits per heavy atom. The monoisotopic (exact) mass is 266 g/mol. The number of nitrogens with one attached hydrogen (secondary N) is 1. The van der Waals surface area contributed by atoms with Gasteiger partial charge in [-0.1, -0.05) is 45.2 Å². The third kappa shape index (κ3) is 3.17. The molecule has 0 aliphatic heterocycles. The number of pyridine rings is 1. The van der Waals surface area contributed by atoms with Crippen LogP contribution in [0.25, 0.3) is 0 Å². The van der Waals surface area contributed by atoms with E-state index >= 15 is 0 Å². The van der Waals surface area contributed by atoms with Crippen LogP contribution < -0.4 is 5.32 Å². The Hall–Kier alpha value is -0.760.